The van der Waals surface area contributed by atoms with Crippen molar-refractivity contribution in [1.29, 1.82) is 0 Å². The SMILES string of the molecule is CC1O[C@@H](OC2C(O)[C@@H](NC(=O)CCCCCCCCCCC(=O)O)C(CO)O[C@H]2OC(=O)[C@]23CCC(C)(C)CC2C2=CC[C@@H]4C5(C)CC[C@H](O)C(C)(C=O)C5CCC4(C)C2(C)CC3O)C(CO)C(O)[C@H]1O[C@H]1CC(O)(O)[C@H](O)CO1. The van der Waals surface area contributed by atoms with E-state index in [1.807, 2.05) is 6.92 Å². The van der Waals surface area contributed by atoms with E-state index in [0.29, 0.717) is 44.9 Å². The number of carbonyl (C=O) groups excluding carboxylic acids is 3. The predicted molar refractivity (Wildman–Crippen MR) is 289 cm³/mol. The van der Waals surface area contributed by atoms with Crippen LogP contribution in [-0.2, 0) is 47.6 Å². The van der Waals surface area contributed by atoms with E-state index in [1.165, 1.54) is 6.92 Å². The Morgan fingerprint density at radius 1 is 0.728 bits per heavy atom. The predicted octanol–water partition coefficient (Wildman–Crippen LogP) is 3.66. The molecule has 3 heterocycles. The summed E-state index contributed by atoms with van der Waals surface area (Å²) in [4.78, 5) is 53.1. The number of amides is 1. The summed E-state index contributed by atoms with van der Waals surface area (Å²) in [6, 6.07) is -1.34. The number of carbonyl (C=O) groups is 4. The van der Waals surface area contributed by atoms with Gasteiger partial charge in [0.1, 0.15) is 36.1 Å². The normalized spacial score (nSPS) is 45.4. The van der Waals surface area contributed by atoms with Gasteiger partial charge < -0.3 is 89.6 Å². The maximum atomic E-state index is 15.7. The molecule has 8 rings (SSSR count). The molecular formula is C60H97NO20. The minimum absolute atomic E-state index is 0.0450. The fourth-order valence-corrected chi connectivity index (χ4v) is 17.0. The Labute approximate surface area is 476 Å². The quantitative estimate of drug-likeness (QED) is 0.0257. The van der Waals surface area contributed by atoms with Crippen molar-refractivity contribution in [2.24, 2.45) is 56.2 Å². The van der Waals surface area contributed by atoms with Crippen LogP contribution >= 0.6 is 0 Å². The zero-order chi connectivity index (χ0) is 59.3. The molecule has 0 aromatic carbocycles. The third-order valence-electron chi connectivity index (χ3n) is 22.2. The summed E-state index contributed by atoms with van der Waals surface area (Å²) in [6.45, 7) is 12.5. The minimum Gasteiger partial charge on any atom is -0.481 e. The summed E-state index contributed by atoms with van der Waals surface area (Å²) in [5.41, 5.74) is -2.86. The summed E-state index contributed by atoms with van der Waals surface area (Å²) in [5, 5.41) is 113. The zero-order valence-corrected chi connectivity index (χ0v) is 48.8. The van der Waals surface area contributed by atoms with E-state index >= 15 is 4.79 Å². The first-order valence-corrected chi connectivity index (χ1v) is 30.3. The third kappa shape index (κ3) is 12.1. The van der Waals surface area contributed by atoms with Crippen molar-refractivity contribution in [2.45, 2.75) is 263 Å². The van der Waals surface area contributed by atoms with Crippen LogP contribution in [0.3, 0.4) is 0 Å². The smallest absolute Gasteiger partial charge is 0.317 e. The highest BCUT2D eigenvalue weighted by Gasteiger charge is 2.72. The number of carboxylic acid groups (broad SMARTS) is 1. The van der Waals surface area contributed by atoms with Crippen molar-refractivity contribution in [1.82, 2.24) is 5.32 Å². The Balaban J connectivity index is 1.05. The molecular weight excluding hydrogens is 1050 g/mol. The van der Waals surface area contributed by atoms with Gasteiger partial charge in [0, 0.05) is 12.8 Å². The number of hydrogen-bond acceptors (Lipinski definition) is 19. The first kappa shape index (κ1) is 64.3. The minimum atomic E-state index is -2.56. The van der Waals surface area contributed by atoms with Crippen molar-refractivity contribution in [3.8, 4) is 0 Å². The van der Waals surface area contributed by atoms with Crippen LogP contribution in [0.5, 0.6) is 0 Å². The number of nitrogens with one attached hydrogen (secondary N) is 1. The Morgan fingerprint density at radius 3 is 2.02 bits per heavy atom. The number of rotatable bonds is 21. The fourth-order valence-electron chi connectivity index (χ4n) is 17.0. The summed E-state index contributed by atoms with van der Waals surface area (Å²) in [6.07, 6.45) is -2.85. The molecule has 5 aliphatic carbocycles. The number of allylic oxidation sites excluding steroid dienone is 2. The lowest BCUT2D eigenvalue weighted by Crippen LogP contribution is -2.69. The molecule has 81 heavy (non-hydrogen) atoms. The number of unbranched alkanes of at least 4 members (excludes halogenated alkanes) is 7. The number of carboxylic acids is 1. The van der Waals surface area contributed by atoms with Gasteiger partial charge in [-0.2, -0.15) is 0 Å². The van der Waals surface area contributed by atoms with Crippen LogP contribution in [0.4, 0.5) is 0 Å². The average molecular weight is 1150 g/mol. The van der Waals surface area contributed by atoms with E-state index in [2.05, 4.69) is 46.0 Å². The highest BCUT2D eigenvalue weighted by atomic mass is 16.8. The molecule has 4 saturated carbocycles. The molecule has 0 aromatic heterocycles. The monoisotopic (exact) mass is 1150 g/mol. The number of esters is 1. The van der Waals surface area contributed by atoms with E-state index in [1.54, 1.807) is 0 Å². The Hall–Kier alpha value is -2.74. The van der Waals surface area contributed by atoms with Crippen molar-refractivity contribution in [2.75, 3.05) is 19.8 Å². The molecule has 21 heteroatoms. The molecule has 1 amide bonds. The Morgan fingerprint density at radius 2 is 1.40 bits per heavy atom. The first-order valence-electron chi connectivity index (χ1n) is 30.3. The highest BCUT2D eigenvalue weighted by molar-refractivity contribution is 5.80. The number of fused-ring (bicyclic) bond motifs is 7. The fraction of sp³-hybridized carbons (Fsp3) is 0.900. The van der Waals surface area contributed by atoms with Gasteiger partial charge in [0.2, 0.25) is 12.2 Å². The highest BCUT2D eigenvalue weighted by Crippen LogP contribution is 2.76. The van der Waals surface area contributed by atoms with E-state index in [9.17, 15) is 60.3 Å². The van der Waals surface area contributed by atoms with Gasteiger partial charge in [-0.05, 0) is 117 Å². The summed E-state index contributed by atoms with van der Waals surface area (Å²) in [5.74, 6) is -6.40. The topological polar surface area (TPSA) is 338 Å². The van der Waals surface area contributed by atoms with E-state index in [0.717, 1.165) is 63.2 Å². The molecule has 13 unspecified atom stereocenters. The van der Waals surface area contributed by atoms with Gasteiger partial charge in [0.15, 0.2) is 24.5 Å². The molecule has 7 fully saturated rings. The maximum Gasteiger partial charge on any atom is 0.317 e. The molecule has 0 aromatic rings. The molecule has 21 nitrogen and oxygen atoms in total. The zero-order valence-electron chi connectivity index (χ0n) is 48.8. The van der Waals surface area contributed by atoms with E-state index in [4.69, 9.17) is 33.5 Å². The van der Waals surface area contributed by atoms with Crippen LogP contribution in [0.15, 0.2) is 11.6 Å². The molecule has 22 atom stereocenters. The second kappa shape index (κ2) is 24.9. The van der Waals surface area contributed by atoms with E-state index < -0.39 is 158 Å². The number of aldehydes is 1. The van der Waals surface area contributed by atoms with Crippen LogP contribution in [0.2, 0.25) is 0 Å². The van der Waals surface area contributed by atoms with E-state index in [-0.39, 0.29) is 53.8 Å². The number of aliphatic hydroxyl groups excluding tert-OH is 7. The number of aliphatic carboxylic acids is 1. The number of ether oxygens (including phenoxy) is 6. The van der Waals surface area contributed by atoms with Crippen LogP contribution in [0.25, 0.3) is 0 Å². The Bertz CT molecular complexity index is 2250. The largest absolute Gasteiger partial charge is 0.481 e. The standard InChI is InChI=1S/C60H97NO20/c1-33-49(79-45-28-60(74,75)42(67)31-76-45)47(71)34(29-62)51(77-33)80-50-48(72)46(61-43(68)16-14-12-10-8-9-11-13-15-17-44(69)70)37(30-63)78-52(50)81-53(73)59-25-24-54(2,3)26-36(59)35-18-19-39-55(4)22-21-40(65)56(5,32-64)38(55)20-23-57(39,6)58(35,7)27-41(59)66/h18,32-34,36-42,45-52,62-63,65-67,71-72,74-75H,8-17,19-31H2,1-7H3,(H,61,68)(H,69,70)/t33?,34?,36?,37?,38?,39-,40+,41?,42-,45+,46+,47?,48?,49+,50?,51+,52+,55?,56?,57?,58?,59-/m1/s1. The summed E-state index contributed by atoms with van der Waals surface area (Å²) < 4.78 is 37.2. The molecule has 8 aliphatic rings. The van der Waals surface area contributed by atoms with Crippen molar-refractivity contribution in [3.05, 3.63) is 11.6 Å². The third-order valence-corrected chi connectivity index (χ3v) is 22.2. The second-order valence-electron chi connectivity index (χ2n) is 27.6. The van der Waals surface area contributed by atoms with Gasteiger partial charge in [-0.1, -0.05) is 91.7 Å². The molecule has 462 valence electrons. The van der Waals surface area contributed by atoms with Crippen LogP contribution in [0, 0.1) is 56.2 Å². The Kier molecular flexibility index (Phi) is 19.8. The van der Waals surface area contributed by atoms with Gasteiger partial charge in [0.25, 0.3) is 0 Å². The van der Waals surface area contributed by atoms with Crippen molar-refractivity contribution >= 4 is 24.1 Å². The summed E-state index contributed by atoms with van der Waals surface area (Å²) >= 11 is 0. The van der Waals surface area contributed by atoms with Crippen LogP contribution in [-0.4, -0.2) is 181 Å². The number of aliphatic hydroxyl groups is 9. The van der Waals surface area contributed by atoms with Crippen LogP contribution in [0.1, 0.15) is 177 Å². The molecule has 0 bridgehead atoms. The summed E-state index contributed by atoms with van der Waals surface area (Å²) in [7, 11) is 0. The van der Waals surface area contributed by atoms with Gasteiger partial charge in [-0.15, -0.1) is 0 Å². The molecule has 11 N–H and O–H groups in total. The van der Waals surface area contributed by atoms with Crippen LogP contribution < -0.4 is 5.32 Å². The average Bonchev–Trinajstić information content (AvgIpc) is 2.44. The van der Waals surface area contributed by atoms with Crippen molar-refractivity contribution < 1.29 is 98.7 Å². The van der Waals surface area contributed by atoms with Gasteiger partial charge >= 0.3 is 11.9 Å². The van der Waals surface area contributed by atoms with Gasteiger partial charge in [-0.25, -0.2) is 0 Å². The second-order valence-corrected chi connectivity index (χ2v) is 27.6. The van der Waals surface area contributed by atoms with Gasteiger partial charge in [-0.3, -0.25) is 14.4 Å². The molecule has 3 saturated heterocycles. The molecule has 0 spiro atoms. The van der Waals surface area contributed by atoms with Gasteiger partial charge in [0.05, 0.1) is 68.0 Å². The first-order chi connectivity index (χ1) is 38.1. The lowest BCUT2D eigenvalue weighted by molar-refractivity contribution is -0.369. The molecule has 3 aliphatic heterocycles. The lowest BCUT2D eigenvalue weighted by atomic mass is 9.33. The number of hydrogen-bond donors (Lipinski definition) is 11. The molecule has 0 radical (unpaired) electrons. The van der Waals surface area contributed by atoms with Crippen molar-refractivity contribution in [3.63, 3.8) is 0 Å². The maximum absolute atomic E-state index is 15.7. The lowest BCUT2D eigenvalue weighted by Gasteiger charge is -2.71.